The standard InChI is InChI=1S/C19H13ClN2O/c1-2-11-21-19(23)16-12-18(13-7-9-14(20)10-8-13)22-17-6-4-3-5-15(16)17/h1,3-10,12H,11H2,(H,21,23). The Hall–Kier alpha value is -2.83. The second-order valence-electron chi connectivity index (χ2n) is 4.97. The Morgan fingerprint density at radius 2 is 1.91 bits per heavy atom. The molecule has 1 N–H and O–H groups in total. The predicted octanol–water partition coefficient (Wildman–Crippen LogP) is 3.92. The fraction of sp³-hybridized carbons (Fsp3) is 0.0526. The lowest BCUT2D eigenvalue weighted by Crippen LogP contribution is -2.23. The number of carbonyl (C=O) groups excluding carboxylic acids is 1. The molecule has 0 aliphatic heterocycles. The molecule has 4 heteroatoms. The first-order valence-corrected chi connectivity index (χ1v) is 7.44. The van der Waals surface area contributed by atoms with Crippen LogP contribution in [0, 0.1) is 12.3 Å². The number of fused-ring (bicyclic) bond motifs is 1. The van der Waals surface area contributed by atoms with E-state index >= 15 is 0 Å². The molecule has 1 heterocycles. The van der Waals surface area contributed by atoms with Crippen LogP contribution < -0.4 is 5.32 Å². The Balaban J connectivity index is 2.15. The Bertz CT molecular complexity index is 911. The molecule has 3 aromatic rings. The number of terminal acetylenes is 1. The van der Waals surface area contributed by atoms with Gasteiger partial charge in [0, 0.05) is 16.0 Å². The lowest BCUT2D eigenvalue weighted by Gasteiger charge is -2.09. The molecule has 1 aromatic heterocycles. The van der Waals surface area contributed by atoms with Crippen LogP contribution in [-0.2, 0) is 0 Å². The third-order valence-corrected chi connectivity index (χ3v) is 3.70. The van der Waals surface area contributed by atoms with E-state index in [-0.39, 0.29) is 12.5 Å². The van der Waals surface area contributed by atoms with Gasteiger partial charge in [-0.2, -0.15) is 0 Å². The minimum absolute atomic E-state index is 0.186. The van der Waals surface area contributed by atoms with E-state index in [2.05, 4.69) is 16.2 Å². The maximum Gasteiger partial charge on any atom is 0.252 e. The first kappa shape index (κ1) is 15.1. The van der Waals surface area contributed by atoms with Crippen LogP contribution in [0.15, 0.2) is 54.6 Å². The number of halogens is 1. The molecule has 0 saturated carbocycles. The normalized spacial score (nSPS) is 10.3. The fourth-order valence-corrected chi connectivity index (χ4v) is 2.48. The quantitative estimate of drug-likeness (QED) is 0.743. The number of pyridine rings is 1. The van der Waals surface area contributed by atoms with Crippen LogP contribution in [0.4, 0.5) is 0 Å². The molecule has 0 spiro atoms. The fourth-order valence-electron chi connectivity index (χ4n) is 2.36. The Morgan fingerprint density at radius 1 is 1.17 bits per heavy atom. The van der Waals surface area contributed by atoms with E-state index in [4.69, 9.17) is 18.0 Å². The molecule has 0 fully saturated rings. The molecule has 23 heavy (non-hydrogen) atoms. The maximum absolute atomic E-state index is 12.4. The number of nitrogens with one attached hydrogen (secondary N) is 1. The number of nitrogens with zero attached hydrogens (tertiary/aromatic N) is 1. The minimum atomic E-state index is -0.211. The lowest BCUT2D eigenvalue weighted by molar-refractivity contribution is 0.0960. The van der Waals surface area contributed by atoms with E-state index in [0.717, 1.165) is 16.5 Å². The molecular weight excluding hydrogens is 308 g/mol. The van der Waals surface area contributed by atoms with E-state index in [1.807, 2.05) is 36.4 Å². The van der Waals surface area contributed by atoms with Gasteiger partial charge < -0.3 is 5.32 Å². The Morgan fingerprint density at radius 3 is 2.65 bits per heavy atom. The van der Waals surface area contributed by atoms with Gasteiger partial charge in [-0.25, -0.2) is 4.98 Å². The summed E-state index contributed by atoms with van der Waals surface area (Å²) in [6, 6.07) is 16.7. The summed E-state index contributed by atoms with van der Waals surface area (Å²) in [5, 5.41) is 4.15. The Labute approximate surface area is 139 Å². The molecule has 0 atom stereocenters. The second-order valence-corrected chi connectivity index (χ2v) is 5.40. The molecule has 0 radical (unpaired) electrons. The third-order valence-electron chi connectivity index (χ3n) is 3.45. The summed E-state index contributed by atoms with van der Waals surface area (Å²) in [5.41, 5.74) is 2.92. The van der Waals surface area contributed by atoms with Gasteiger partial charge in [0.2, 0.25) is 0 Å². The average molecular weight is 321 g/mol. The highest BCUT2D eigenvalue weighted by molar-refractivity contribution is 6.30. The number of para-hydroxylation sites is 1. The van der Waals surface area contributed by atoms with Gasteiger partial charge >= 0.3 is 0 Å². The highest BCUT2D eigenvalue weighted by atomic mass is 35.5. The summed E-state index contributed by atoms with van der Waals surface area (Å²) >= 11 is 5.93. The number of hydrogen-bond donors (Lipinski definition) is 1. The summed E-state index contributed by atoms with van der Waals surface area (Å²) in [4.78, 5) is 17.0. The van der Waals surface area contributed by atoms with Crippen LogP contribution in [0.1, 0.15) is 10.4 Å². The van der Waals surface area contributed by atoms with Crippen molar-refractivity contribution >= 4 is 28.4 Å². The molecule has 1 amide bonds. The summed E-state index contributed by atoms with van der Waals surface area (Å²) in [5.74, 6) is 2.20. The van der Waals surface area contributed by atoms with Crippen LogP contribution >= 0.6 is 11.6 Å². The second kappa shape index (κ2) is 6.51. The van der Waals surface area contributed by atoms with Gasteiger partial charge in [0.15, 0.2) is 0 Å². The zero-order chi connectivity index (χ0) is 16.2. The van der Waals surface area contributed by atoms with Crippen LogP contribution in [0.5, 0.6) is 0 Å². The van der Waals surface area contributed by atoms with Crippen molar-refractivity contribution in [2.45, 2.75) is 0 Å². The monoisotopic (exact) mass is 320 g/mol. The molecule has 112 valence electrons. The van der Waals surface area contributed by atoms with Crippen molar-refractivity contribution in [3.05, 3.63) is 65.2 Å². The SMILES string of the molecule is C#CCNC(=O)c1cc(-c2ccc(Cl)cc2)nc2ccccc12. The van der Waals surface area contributed by atoms with Crippen LogP contribution in [-0.4, -0.2) is 17.4 Å². The zero-order valence-electron chi connectivity index (χ0n) is 12.2. The molecular formula is C19H13ClN2O. The molecule has 0 aliphatic carbocycles. The van der Waals surface area contributed by atoms with Gasteiger partial charge in [0.25, 0.3) is 5.91 Å². The molecule has 0 bridgehead atoms. The number of rotatable bonds is 3. The van der Waals surface area contributed by atoms with Crippen molar-refractivity contribution in [2.24, 2.45) is 0 Å². The van der Waals surface area contributed by atoms with Crippen molar-refractivity contribution in [3.63, 3.8) is 0 Å². The van der Waals surface area contributed by atoms with Gasteiger partial charge in [-0.05, 0) is 24.3 Å². The van der Waals surface area contributed by atoms with E-state index in [1.165, 1.54) is 0 Å². The molecule has 0 saturated heterocycles. The molecule has 0 aliphatic rings. The largest absolute Gasteiger partial charge is 0.341 e. The molecule has 0 unspecified atom stereocenters. The van der Waals surface area contributed by atoms with E-state index in [9.17, 15) is 4.79 Å². The zero-order valence-corrected chi connectivity index (χ0v) is 13.0. The highest BCUT2D eigenvalue weighted by Crippen LogP contribution is 2.25. The average Bonchev–Trinajstić information content (AvgIpc) is 2.59. The lowest BCUT2D eigenvalue weighted by atomic mass is 10.0. The first-order chi connectivity index (χ1) is 11.2. The molecule has 3 rings (SSSR count). The smallest absolute Gasteiger partial charge is 0.252 e. The van der Waals surface area contributed by atoms with Crippen molar-refractivity contribution in [1.29, 1.82) is 0 Å². The summed E-state index contributed by atoms with van der Waals surface area (Å²) in [7, 11) is 0. The molecule has 3 nitrogen and oxygen atoms in total. The summed E-state index contributed by atoms with van der Waals surface area (Å²) in [6.45, 7) is 0.186. The number of hydrogen-bond acceptors (Lipinski definition) is 2. The number of amides is 1. The van der Waals surface area contributed by atoms with Crippen molar-refractivity contribution < 1.29 is 4.79 Å². The first-order valence-electron chi connectivity index (χ1n) is 7.06. The van der Waals surface area contributed by atoms with Gasteiger partial charge in [-0.3, -0.25) is 4.79 Å². The Kier molecular flexibility index (Phi) is 4.27. The van der Waals surface area contributed by atoms with Gasteiger partial charge in [-0.15, -0.1) is 6.42 Å². The topological polar surface area (TPSA) is 42.0 Å². The summed E-state index contributed by atoms with van der Waals surface area (Å²) in [6.07, 6.45) is 5.21. The minimum Gasteiger partial charge on any atom is -0.341 e. The van der Waals surface area contributed by atoms with Gasteiger partial charge in [0.1, 0.15) is 0 Å². The summed E-state index contributed by atoms with van der Waals surface area (Å²) < 4.78 is 0. The number of aromatic nitrogens is 1. The van der Waals surface area contributed by atoms with E-state index < -0.39 is 0 Å². The number of benzene rings is 2. The van der Waals surface area contributed by atoms with Crippen molar-refractivity contribution in [1.82, 2.24) is 10.3 Å². The van der Waals surface area contributed by atoms with Crippen LogP contribution in [0.25, 0.3) is 22.2 Å². The number of carbonyl (C=O) groups is 1. The third kappa shape index (κ3) is 3.18. The van der Waals surface area contributed by atoms with Crippen LogP contribution in [0.3, 0.4) is 0 Å². The van der Waals surface area contributed by atoms with Crippen molar-refractivity contribution in [3.8, 4) is 23.6 Å². The highest BCUT2D eigenvalue weighted by Gasteiger charge is 2.13. The van der Waals surface area contributed by atoms with Crippen molar-refractivity contribution in [2.75, 3.05) is 6.54 Å². The predicted molar refractivity (Wildman–Crippen MR) is 93.4 cm³/mol. The van der Waals surface area contributed by atoms with Crippen LogP contribution in [0.2, 0.25) is 5.02 Å². The van der Waals surface area contributed by atoms with E-state index in [0.29, 0.717) is 16.3 Å². The maximum atomic E-state index is 12.4. The van der Waals surface area contributed by atoms with Gasteiger partial charge in [-0.1, -0.05) is 47.9 Å². The van der Waals surface area contributed by atoms with E-state index in [1.54, 1.807) is 18.2 Å². The van der Waals surface area contributed by atoms with Gasteiger partial charge in [0.05, 0.1) is 23.3 Å². The molecule has 2 aromatic carbocycles.